The van der Waals surface area contributed by atoms with Gasteiger partial charge in [0.25, 0.3) is 0 Å². The van der Waals surface area contributed by atoms with Gasteiger partial charge in [-0.15, -0.1) is 24.8 Å². The Morgan fingerprint density at radius 2 is 2.00 bits per heavy atom. The van der Waals surface area contributed by atoms with Gasteiger partial charge in [0.1, 0.15) is 0 Å². The van der Waals surface area contributed by atoms with E-state index in [9.17, 15) is 0 Å². The zero-order valence-electron chi connectivity index (χ0n) is 9.45. The molecule has 4 heteroatoms. The maximum absolute atomic E-state index is 5.84. The standard InChI is InChI=1S/C11H17O.2ClH.Ti/c1-4-11(12-9(2)3)10-7-5-6-8-10;;;/h5,7,9,11H,4,6H2,1-3H3;2*1H;. The van der Waals surface area contributed by atoms with Gasteiger partial charge in [-0.25, -0.2) is 0 Å². The molecule has 0 aromatic carbocycles. The van der Waals surface area contributed by atoms with Crippen molar-refractivity contribution >= 4 is 24.8 Å². The minimum absolute atomic E-state index is 0. The summed E-state index contributed by atoms with van der Waals surface area (Å²) in [6.07, 6.45) is 7.23. The monoisotopic (exact) mass is 285 g/mol. The molecule has 0 heterocycles. The van der Waals surface area contributed by atoms with E-state index < -0.39 is 0 Å². The van der Waals surface area contributed by atoms with E-state index in [4.69, 9.17) is 4.74 Å². The van der Waals surface area contributed by atoms with E-state index in [0.29, 0.717) is 12.2 Å². The summed E-state index contributed by atoms with van der Waals surface area (Å²) in [4.78, 5) is 0. The van der Waals surface area contributed by atoms with Crippen LogP contribution in [0.25, 0.3) is 0 Å². The number of hydrogen-bond acceptors (Lipinski definition) is 1. The zero-order valence-corrected chi connectivity index (χ0v) is 12.6. The van der Waals surface area contributed by atoms with Gasteiger partial charge in [-0.2, -0.15) is 0 Å². The van der Waals surface area contributed by atoms with Crippen molar-refractivity contribution in [3.63, 3.8) is 0 Å². The van der Waals surface area contributed by atoms with Gasteiger partial charge in [0, 0.05) is 0 Å². The SMILES string of the molecule is CCC(OC(C)C)C1=[C]([Ti])CC=C1.Cl.Cl. The minimum Gasteiger partial charge on any atom is -0.147 e. The normalized spacial score (nSPS) is 16.2. The molecule has 1 atom stereocenters. The number of allylic oxidation sites excluding steroid dienone is 2. The third-order valence-electron chi connectivity index (χ3n) is 2.12. The molecule has 0 aromatic rings. The van der Waals surface area contributed by atoms with Crippen LogP contribution in [-0.4, -0.2) is 12.2 Å². The van der Waals surface area contributed by atoms with E-state index in [1.807, 2.05) is 0 Å². The fourth-order valence-corrected chi connectivity index (χ4v) is 2.11. The first-order valence-electron chi connectivity index (χ1n) is 4.91. The fourth-order valence-electron chi connectivity index (χ4n) is 1.54. The maximum atomic E-state index is 5.84. The molecule has 0 saturated heterocycles. The second-order valence-electron chi connectivity index (χ2n) is 3.62. The smallest absolute Gasteiger partial charge is 0.147 e. The quantitative estimate of drug-likeness (QED) is 0.714. The third-order valence-corrected chi connectivity index (χ3v) is 2.89. The van der Waals surface area contributed by atoms with Crippen molar-refractivity contribution in [3.8, 4) is 0 Å². The molecule has 87 valence electrons. The number of halogens is 2. The van der Waals surface area contributed by atoms with E-state index in [2.05, 4.69) is 53.4 Å². The van der Waals surface area contributed by atoms with Crippen molar-refractivity contribution < 1.29 is 25.2 Å². The molecule has 1 nitrogen and oxygen atoms in total. The van der Waals surface area contributed by atoms with Gasteiger partial charge in [-0.3, -0.25) is 0 Å². The van der Waals surface area contributed by atoms with Crippen molar-refractivity contribution in [2.75, 3.05) is 0 Å². The molecule has 0 aliphatic heterocycles. The Morgan fingerprint density at radius 1 is 1.40 bits per heavy atom. The summed E-state index contributed by atoms with van der Waals surface area (Å²) in [5.74, 6) is 0. The molecule has 0 radical (unpaired) electrons. The first-order chi connectivity index (χ1) is 6.15. The van der Waals surface area contributed by atoms with Crippen LogP contribution in [0.1, 0.15) is 33.6 Å². The summed E-state index contributed by atoms with van der Waals surface area (Å²) in [7, 11) is 0. The summed E-state index contributed by atoms with van der Waals surface area (Å²) in [6.45, 7) is 6.37. The van der Waals surface area contributed by atoms with Crippen molar-refractivity contribution in [1.82, 2.24) is 0 Å². The van der Waals surface area contributed by atoms with Crippen LogP contribution in [0.5, 0.6) is 0 Å². The predicted octanol–water partition coefficient (Wildman–Crippen LogP) is 3.79. The van der Waals surface area contributed by atoms with Gasteiger partial charge in [-0.05, 0) is 0 Å². The summed E-state index contributed by atoms with van der Waals surface area (Å²) < 4.78 is 7.31. The van der Waals surface area contributed by atoms with Gasteiger partial charge >= 0.3 is 92.6 Å². The molecule has 15 heavy (non-hydrogen) atoms. The van der Waals surface area contributed by atoms with E-state index in [1.54, 1.807) is 0 Å². The molecular weight excluding hydrogens is 267 g/mol. The van der Waals surface area contributed by atoms with Gasteiger partial charge in [0.15, 0.2) is 0 Å². The first kappa shape index (κ1) is 18.1. The van der Waals surface area contributed by atoms with Gasteiger partial charge in [-0.1, -0.05) is 0 Å². The van der Waals surface area contributed by atoms with E-state index >= 15 is 0 Å². The van der Waals surface area contributed by atoms with Crippen molar-refractivity contribution in [2.45, 2.75) is 45.8 Å². The largest absolute Gasteiger partial charge is 0.147 e. The number of ether oxygens (including phenoxy) is 1. The Labute approximate surface area is 117 Å². The second kappa shape index (κ2) is 8.84. The molecule has 0 amide bonds. The summed E-state index contributed by atoms with van der Waals surface area (Å²) in [5, 5.41) is 0. The zero-order chi connectivity index (χ0) is 9.84. The second-order valence-corrected chi connectivity index (χ2v) is 4.56. The fraction of sp³-hybridized carbons (Fsp3) is 0.636. The average molecular weight is 286 g/mol. The molecule has 0 N–H and O–H groups in total. The molecule has 1 aliphatic rings. The van der Waals surface area contributed by atoms with E-state index in [1.165, 1.54) is 9.45 Å². The van der Waals surface area contributed by atoms with E-state index in [0.717, 1.165) is 12.8 Å². The van der Waals surface area contributed by atoms with Crippen LogP contribution in [0.15, 0.2) is 21.6 Å². The van der Waals surface area contributed by atoms with Gasteiger partial charge < -0.3 is 0 Å². The van der Waals surface area contributed by atoms with Crippen molar-refractivity contribution in [2.24, 2.45) is 0 Å². The van der Waals surface area contributed by atoms with Crippen LogP contribution < -0.4 is 0 Å². The molecular formula is C11H19Cl2OTi. The van der Waals surface area contributed by atoms with Crippen molar-refractivity contribution in [1.29, 1.82) is 0 Å². The summed E-state index contributed by atoms with van der Waals surface area (Å²) >= 11 is 2.20. The Morgan fingerprint density at radius 3 is 2.33 bits per heavy atom. The van der Waals surface area contributed by atoms with Crippen LogP contribution >= 0.6 is 24.8 Å². The predicted molar refractivity (Wildman–Crippen MR) is 65.6 cm³/mol. The summed E-state index contributed by atoms with van der Waals surface area (Å²) in [5.41, 5.74) is 1.40. The number of rotatable bonds is 4. The van der Waals surface area contributed by atoms with Crippen LogP contribution in [0, 0.1) is 0 Å². The Hall–Kier alpha value is 0.734. The molecule has 1 aliphatic carbocycles. The van der Waals surface area contributed by atoms with Crippen LogP contribution in [-0.2, 0) is 25.2 Å². The molecule has 0 fully saturated rings. The minimum atomic E-state index is 0. The summed E-state index contributed by atoms with van der Waals surface area (Å²) in [6, 6.07) is 0. The Bertz CT molecular complexity index is 237. The first-order valence-corrected chi connectivity index (χ1v) is 5.69. The Balaban J connectivity index is 0. The van der Waals surface area contributed by atoms with Crippen LogP contribution in [0.3, 0.4) is 0 Å². The van der Waals surface area contributed by atoms with Crippen LogP contribution in [0.4, 0.5) is 0 Å². The Kier molecular flexibility index (Phi) is 10.7. The molecule has 0 saturated carbocycles. The molecule has 0 spiro atoms. The van der Waals surface area contributed by atoms with Crippen molar-refractivity contribution in [3.05, 3.63) is 21.6 Å². The molecule has 1 unspecified atom stereocenters. The molecule has 0 aromatic heterocycles. The van der Waals surface area contributed by atoms with E-state index in [-0.39, 0.29) is 24.8 Å². The topological polar surface area (TPSA) is 9.23 Å². The van der Waals surface area contributed by atoms with Crippen LogP contribution in [0.2, 0.25) is 0 Å². The molecule has 0 bridgehead atoms. The van der Waals surface area contributed by atoms with Gasteiger partial charge in [0.2, 0.25) is 0 Å². The molecule has 1 rings (SSSR count). The number of hydrogen-bond donors (Lipinski definition) is 0. The average Bonchev–Trinajstić information content (AvgIpc) is 2.47. The maximum Gasteiger partial charge on any atom is -0.147 e. The third kappa shape index (κ3) is 5.56. The van der Waals surface area contributed by atoms with Gasteiger partial charge in [0.05, 0.1) is 0 Å².